The van der Waals surface area contributed by atoms with Crippen LogP contribution in [0.1, 0.15) is 15.9 Å². The lowest BCUT2D eigenvalue weighted by molar-refractivity contribution is -0.118. The van der Waals surface area contributed by atoms with Crippen LogP contribution in [0.5, 0.6) is 17.2 Å². The molecule has 0 spiro atoms. The van der Waals surface area contributed by atoms with Crippen LogP contribution >= 0.6 is 0 Å². The molecule has 0 heterocycles. The maximum atomic E-state index is 12.2. The Labute approximate surface area is 151 Å². The highest BCUT2D eigenvalue weighted by atomic mass is 16.5. The van der Waals surface area contributed by atoms with Crippen molar-refractivity contribution in [3.63, 3.8) is 0 Å². The van der Waals surface area contributed by atoms with Crippen molar-refractivity contribution in [2.75, 3.05) is 33.3 Å². The molecule has 7 heteroatoms. The smallest absolute Gasteiger partial charge is 0.338 e. The fourth-order valence-corrected chi connectivity index (χ4v) is 2.30. The Balaban J connectivity index is 2.05. The van der Waals surface area contributed by atoms with Gasteiger partial charge in [0.2, 0.25) is 0 Å². The van der Waals surface area contributed by atoms with Crippen molar-refractivity contribution in [3.05, 3.63) is 47.5 Å². The third-order valence-electron chi connectivity index (χ3n) is 3.71. The van der Waals surface area contributed by atoms with E-state index < -0.39 is 5.97 Å². The summed E-state index contributed by atoms with van der Waals surface area (Å²) in [7, 11) is 4.37. The number of rotatable bonds is 7. The molecule has 7 nitrogen and oxygen atoms in total. The number of benzene rings is 2. The molecule has 0 aliphatic carbocycles. The normalized spacial score (nSPS) is 10.0. The Morgan fingerprint density at radius 1 is 0.962 bits per heavy atom. The number of hydrogen-bond donors (Lipinski definition) is 1. The maximum Gasteiger partial charge on any atom is 0.338 e. The zero-order valence-corrected chi connectivity index (χ0v) is 15.1. The first kappa shape index (κ1) is 19.1. The van der Waals surface area contributed by atoms with Gasteiger partial charge in [-0.1, -0.05) is 6.07 Å². The van der Waals surface area contributed by atoms with Crippen molar-refractivity contribution in [2.24, 2.45) is 0 Å². The van der Waals surface area contributed by atoms with E-state index in [1.807, 2.05) is 0 Å². The molecule has 1 N–H and O–H groups in total. The van der Waals surface area contributed by atoms with Gasteiger partial charge in [0, 0.05) is 23.9 Å². The van der Waals surface area contributed by atoms with Gasteiger partial charge < -0.3 is 24.3 Å². The van der Waals surface area contributed by atoms with E-state index in [1.165, 1.54) is 21.3 Å². The molecule has 0 saturated heterocycles. The summed E-state index contributed by atoms with van der Waals surface area (Å²) in [4.78, 5) is 23.9. The quantitative estimate of drug-likeness (QED) is 0.766. The predicted molar refractivity (Wildman–Crippen MR) is 96.2 cm³/mol. The first-order chi connectivity index (χ1) is 12.5. The van der Waals surface area contributed by atoms with Crippen LogP contribution in [0.3, 0.4) is 0 Å². The lowest BCUT2D eigenvalue weighted by Gasteiger charge is -2.13. The van der Waals surface area contributed by atoms with E-state index in [1.54, 1.807) is 43.3 Å². The average Bonchev–Trinajstić information content (AvgIpc) is 2.67. The lowest BCUT2D eigenvalue weighted by Crippen LogP contribution is -2.21. The lowest BCUT2D eigenvalue weighted by atomic mass is 10.1. The largest absolute Gasteiger partial charge is 0.496 e. The standard InChI is InChI=1S/C19H21NO6/c1-12-16(19(22)25-4)6-5-7-17(12)20-18(21)11-26-15-9-13(23-2)8-14(10-15)24-3/h5-10H,11H2,1-4H3,(H,20,21). The van der Waals surface area contributed by atoms with Crippen LogP contribution in [-0.4, -0.2) is 39.8 Å². The first-order valence-corrected chi connectivity index (χ1v) is 7.82. The van der Waals surface area contributed by atoms with E-state index in [2.05, 4.69) is 5.32 Å². The fourth-order valence-electron chi connectivity index (χ4n) is 2.30. The van der Waals surface area contributed by atoms with Crippen molar-refractivity contribution in [3.8, 4) is 17.2 Å². The van der Waals surface area contributed by atoms with Crippen molar-refractivity contribution < 1.29 is 28.5 Å². The van der Waals surface area contributed by atoms with Crippen LogP contribution in [0.15, 0.2) is 36.4 Å². The summed E-state index contributed by atoms with van der Waals surface area (Å²) < 4.78 is 20.5. The van der Waals surface area contributed by atoms with Gasteiger partial charge in [0.05, 0.1) is 26.9 Å². The van der Waals surface area contributed by atoms with Gasteiger partial charge in [-0.15, -0.1) is 0 Å². The number of carbonyl (C=O) groups excluding carboxylic acids is 2. The van der Waals surface area contributed by atoms with Crippen LogP contribution in [0, 0.1) is 6.92 Å². The second kappa shape index (κ2) is 8.75. The Hall–Kier alpha value is -3.22. The van der Waals surface area contributed by atoms with Gasteiger partial charge in [0.15, 0.2) is 6.61 Å². The maximum absolute atomic E-state index is 12.2. The number of amides is 1. The van der Waals surface area contributed by atoms with Crippen molar-refractivity contribution >= 4 is 17.6 Å². The molecule has 0 unspecified atom stereocenters. The number of methoxy groups -OCH3 is 3. The minimum Gasteiger partial charge on any atom is -0.496 e. The Bertz CT molecular complexity index is 780. The molecule has 2 rings (SSSR count). The number of nitrogens with one attached hydrogen (secondary N) is 1. The molecule has 1 amide bonds. The van der Waals surface area contributed by atoms with Gasteiger partial charge in [0.1, 0.15) is 17.2 Å². The van der Waals surface area contributed by atoms with Crippen molar-refractivity contribution in [1.29, 1.82) is 0 Å². The van der Waals surface area contributed by atoms with Crippen LogP contribution < -0.4 is 19.5 Å². The summed E-state index contributed by atoms with van der Waals surface area (Å²) in [6.07, 6.45) is 0. The molecule has 0 fully saturated rings. The van der Waals surface area contributed by atoms with Gasteiger partial charge >= 0.3 is 5.97 Å². The molecular weight excluding hydrogens is 338 g/mol. The van der Waals surface area contributed by atoms with Gasteiger partial charge in [-0.2, -0.15) is 0 Å². The third kappa shape index (κ3) is 4.66. The monoisotopic (exact) mass is 359 g/mol. The number of anilines is 1. The van der Waals surface area contributed by atoms with Crippen LogP contribution in [0.2, 0.25) is 0 Å². The van der Waals surface area contributed by atoms with Crippen LogP contribution in [-0.2, 0) is 9.53 Å². The number of esters is 1. The predicted octanol–water partition coefficient (Wildman–Crippen LogP) is 2.82. The fraction of sp³-hybridized carbons (Fsp3) is 0.263. The molecule has 2 aromatic rings. The zero-order valence-electron chi connectivity index (χ0n) is 15.1. The van der Waals surface area contributed by atoms with Crippen molar-refractivity contribution in [1.82, 2.24) is 0 Å². The molecule has 0 aliphatic rings. The zero-order chi connectivity index (χ0) is 19.1. The molecule has 0 atom stereocenters. The van der Waals surface area contributed by atoms with E-state index in [-0.39, 0.29) is 12.5 Å². The molecule has 0 aliphatic heterocycles. The molecule has 0 bridgehead atoms. The van der Waals surface area contributed by atoms with E-state index in [4.69, 9.17) is 18.9 Å². The Morgan fingerprint density at radius 2 is 1.58 bits per heavy atom. The molecule has 0 aromatic heterocycles. The molecule has 2 aromatic carbocycles. The van der Waals surface area contributed by atoms with Crippen molar-refractivity contribution in [2.45, 2.75) is 6.92 Å². The van der Waals surface area contributed by atoms with E-state index >= 15 is 0 Å². The van der Waals surface area contributed by atoms with E-state index in [0.29, 0.717) is 34.1 Å². The van der Waals surface area contributed by atoms with Gasteiger partial charge in [-0.05, 0) is 24.6 Å². The van der Waals surface area contributed by atoms with Crippen LogP contribution in [0.4, 0.5) is 5.69 Å². The topological polar surface area (TPSA) is 83.1 Å². The third-order valence-corrected chi connectivity index (χ3v) is 3.71. The highest BCUT2D eigenvalue weighted by Crippen LogP contribution is 2.27. The van der Waals surface area contributed by atoms with Crippen LogP contribution in [0.25, 0.3) is 0 Å². The summed E-state index contributed by atoms with van der Waals surface area (Å²) in [5.41, 5.74) is 1.53. The van der Waals surface area contributed by atoms with Gasteiger partial charge in [-0.3, -0.25) is 4.79 Å². The Morgan fingerprint density at radius 3 is 2.15 bits per heavy atom. The molecule has 26 heavy (non-hydrogen) atoms. The molecular formula is C19H21NO6. The molecule has 0 saturated carbocycles. The van der Waals surface area contributed by atoms with Gasteiger partial charge in [-0.25, -0.2) is 4.79 Å². The molecule has 0 radical (unpaired) electrons. The minimum absolute atomic E-state index is 0.210. The summed E-state index contributed by atoms with van der Waals surface area (Å²) in [5, 5.41) is 2.72. The van der Waals surface area contributed by atoms with E-state index in [0.717, 1.165) is 0 Å². The van der Waals surface area contributed by atoms with E-state index in [9.17, 15) is 9.59 Å². The summed E-state index contributed by atoms with van der Waals surface area (Å²) in [6, 6.07) is 10.0. The number of carbonyl (C=O) groups is 2. The SMILES string of the molecule is COC(=O)c1cccc(NC(=O)COc2cc(OC)cc(OC)c2)c1C. The molecule has 138 valence electrons. The average molecular weight is 359 g/mol. The summed E-state index contributed by atoms with van der Waals surface area (Å²) >= 11 is 0. The number of ether oxygens (including phenoxy) is 4. The number of hydrogen-bond acceptors (Lipinski definition) is 6. The summed E-state index contributed by atoms with van der Waals surface area (Å²) in [5.74, 6) is 0.731. The highest BCUT2D eigenvalue weighted by Gasteiger charge is 2.14. The second-order valence-corrected chi connectivity index (χ2v) is 5.35. The second-order valence-electron chi connectivity index (χ2n) is 5.35. The Kier molecular flexibility index (Phi) is 6.43. The highest BCUT2D eigenvalue weighted by molar-refractivity contribution is 5.97. The first-order valence-electron chi connectivity index (χ1n) is 7.82. The van der Waals surface area contributed by atoms with Gasteiger partial charge in [0.25, 0.3) is 5.91 Å². The summed E-state index contributed by atoms with van der Waals surface area (Å²) in [6.45, 7) is 1.52. The minimum atomic E-state index is -0.460.